The number of nitrogens with zero attached hydrogens (tertiary/aromatic N) is 2. The second kappa shape index (κ2) is 12.3. The van der Waals surface area contributed by atoms with Gasteiger partial charge in [0, 0.05) is 17.3 Å². The molecular weight excluding hydrogens is 501 g/mol. The highest BCUT2D eigenvalue weighted by molar-refractivity contribution is 7.91. The van der Waals surface area contributed by atoms with E-state index < -0.39 is 46.1 Å². The Labute approximate surface area is 215 Å². The van der Waals surface area contributed by atoms with Crippen LogP contribution in [0.2, 0.25) is 0 Å². The first kappa shape index (κ1) is 28.3. The van der Waals surface area contributed by atoms with Crippen LogP contribution in [0.3, 0.4) is 0 Å². The number of benzene rings is 2. The number of aliphatic carboxylic acids is 1. The number of aromatic nitrogens is 2. The first-order valence-corrected chi connectivity index (χ1v) is 13.6. The highest BCUT2D eigenvalue weighted by atomic mass is 32.2. The maximum absolute atomic E-state index is 13.6. The van der Waals surface area contributed by atoms with E-state index in [1.54, 1.807) is 30.3 Å². The molecule has 1 aromatic heterocycles. The molecule has 4 N–H and O–H groups in total. The molecule has 0 aliphatic rings. The van der Waals surface area contributed by atoms with Crippen molar-refractivity contribution in [3.63, 3.8) is 0 Å². The fourth-order valence-electron chi connectivity index (χ4n) is 4.12. The summed E-state index contributed by atoms with van der Waals surface area (Å²) in [6, 6.07) is 13.7. The fraction of sp³-hybridized carbons (Fsp3) is 0.385. The number of hydrogen-bond donors (Lipinski definition) is 4. The van der Waals surface area contributed by atoms with E-state index in [1.165, 1.54) is 24.3 Å². The molecule has 0 saturated heterocycles. The molecule has 0 radical (unpaired) electrons. The van der Waals surface area contributed by atoms with Crippen LogP contribution in [0.25, 0.3) is 11.3 Å². The van der Waals surface area contributed by atoms with Gasteiger partial charge in [0.2, 0.25) is 5.95 Å². The van der Waals surface area contributed by atoms with Gasteiger partial charge in [0.15, 0.2) is 9.84 Å². The lowest BCUT2D eigenvalue weighted by atomic mass is 10.0. The van der Waals surface area contributed by atoms with Gasteiger partial charge in [0.05, 0.1) is 29.2 Å². The van der Waals surface area contributed by atoms with Crippen LogP contribution in [-0.2, 0) is 21.1 Å². The standard InChI is InChI=1S/C26H32FN3O6S/c1-17(2)30-23(13-12-20(31)14-21(32)15-24(33)34)25(18-8-10-19(27)11-9-18)29-26(30)28-16-37(35,36)22-6-4-3-5-7-22/h3-11,17,20-21,31-32H,12-16H2,1-2H3,(H,28,29)(H,33,34)/t20-,21-/m1/s1. The predicted molar refractivity (Wildman–Crippen MR) is 137 cm³/mol. The third-order valence-electron chi connectivity index (χ3n) is 5.84. The Morgan fingerprint density at radius 2 is 1.70 bits per heavy atom. The molecule has 0 saturated carbocycles. The summed E-state index contributed by atoms with van der Waals surface area (Å²) in [6.45, 7) is 3.81. The molecule has 0 aliphatic carbocycles. The maximum atomic E-state index is 13.6. The van der Waals surface area contributed by atoms with E-state index in [0.717, 1.165) is 0 Å². The van der Waals surface area contributed by atoms with Crippen LogP contribution in [-0.4, -0.2) is 57.3 Å². The zero-order valence-electron chi connectivity index (χ0n) is 20.7. The lowest BCUT2D eigenvalue weighted by Gasteiger charge is -2.19. The van der Waals surface area contributed by atoms with Crippen LogP contribution in [0.1, 0.15) is 44.8 Å². The average molecular weight is 534 g/mol. The molecule has 0 spiro atoms. The van der Waals surface area contributed by atoms with Crippen molar-refractivity contribution in [2.24, 2.45) is 0 Å². The molecule has 1 heterocycles. The second-order valence-corrected chi connectivity index (χ2v) is 11.1. The Kier molecular flexibility index (Phi) is 9.41. The van der Waals surface area contributed by atoms with Crippen LogP contribution in [0.5, 0.6) is 0 Å². The number of halogens is 1. The molecule has 0 amide bonds. The zero-order valence-corrected chi connectivity index (χ0v) is 21.5. The van der Waals surface area contributed by atoms with Crippen molar-refractivity contribution in [1.82, 2.24) is 9.55 Å². The van der Waals surface area contributed by atoms with Crippen molar-refractivity contribution < 1.29 is 32.9 Å². The molecule has 0 unspecified atom stereocenters. The maximum Gasteiger partial charge on any atom is 0.305 e. The molecule has 3 rings (SSSR count). The largest absolute Gasteiger partial charge is 0.481 e. The highest BCUT2D eigenvalue weighted by Gasteiger charge is 2.24. The minimum Gasteiger partial charge on any atom is -0.481 e. The minimum absolute atomic E-state index is 0.103. The highest BCUT2D eigenvalue weighted by Crippen LogP contribution is 2.31. The van der Waals surface area contributed by atoms with Crippen molar-refractivity contribution in [2.45, 2.75) is 62.7 Å². The third-order valence-corrected chi connectivity index (χ3v) is 7.35. The number of imidazole rings is 1. The predicted octanol–water partition coefficient (Wildman–Crippen LogP) is 3.63. The number of anilines is 1. The van der Waals surface area contributed by atoms with E-state index >= 15 is 0 Å². The molecule has 9 nitrogen and oxygen atoms in total. The van der Waals surface area contributed by atoms with Crippen LogP contribution in [0.4, 0.5) is 10.3 Å². The number of carbonyl (C=O) groups is 1. The quantitative estimate of drug-likeness (QED) is 0.261. The Morgan fingerprint density at radius 1 is 1.05 bits per heavy atom. The fourth-order valence-corrected chi connectivity index (χ4v) is 5.17. The molecule has 0 bridgehead atoms. The first-order chi connectivity index (χ1) is 17.5. The minimum atomic E-state index is -3.65. The number of rotatable bonds is 13. The first-order valence-electron chi connectivity index (χ1n) is 11.9. The summed E-state index contributed by atoms with van der Waals surface area (Å²) < 4.78 is 41.1. The molecule has 2 aromatic carbocycles. The van der Waals surface area contributed by atoms with Crippen molar-refractivity contribution in [3.8, 4) is 11.3 Å². The Morgan fingerprint density at radius 3 is 2.30 bits per heavy atom. The number of aliphatic hydroxyl groups is 2. The molecule has 200 valence electrons. The molecule has 3 aromatic rings. The van der Waals surface area contributed by atoms with Crippen molar-refractivity contribution >= 4 is 21.8 Å². The molecule has 0 aliphatic heterocycles. The van der Waals surface area contributed by atoms with Gasteiger partial charge in [-0.25, -0.2) is 17.8 Å². The Hall–Kier alpha value is -3.28. The molecule has 37 heavy (non-hydrogen) atoms. The summed E-state index contributed by atoms with van der Waals surface area (Å²) in [5.41, 5.74) is 1.81. The normalized spacial score (nSPS) is 13.5. The van der Waals surface area contributed by atoms with Crippen molar-refractivity contribution in [2.75, 3.05) is 11.2 Å². The summed E-state index contributed by atoms with van der Waals surface area (Å²) in [6.07, 6.45) is -2.22. The van der Waals surface area contributed by atoms with Crippen LogP contribution in [0, 0.1) is 5.82 Å². The number of carboxylic acid groups (broad SMARTS) is 1. The van der Waals surface area contributed by atoms with Gasteiger partial charge in [-0.3, -0.25) is 4.79 Å². The van der Waals surface area contributed by atoms with Crippen LogP contribution in [0.15, 0.2) is 59.5 Å². The topological polar surface area (TPSA) is 142 Å². The summed E-state index contributed by atoms with van der Waals surface area (Å²) >= 11 is 0. The van der Waals surface area contributed by atoms with Crippen molar-refractivity contribution in [3.05, 3.63) is 66.1 Å². The van der Waals surface area contributed by atoms with Gasteiger partial charge < -0.3 is 25.2 Å². The molecule has 2 atom stereocenters. The van der Waals surface area contributed by atoms with E-state index in [4.69, 9.17) is 5.11 Å². The zero-order chi connectivity index (χ0) is 27.2. The van der Waals surface area contributed by atoms with Gasteiger partial charge in [-0.05, 0) is 69.5 Å². The van der Waals surface area contributed by atoms with E-state index in [-0.39, 0.29) is 23.8 Å². The number of carboxylic acids is 1. The summed E-state index contributed by atoms with van der Waals surface area (Å²) in [4.78, 5) is 15.6. The van der Waals surface area contributed by atoms with Crippen molar-refractivity contribution in [1.29, 1.82) is 0 Å². The molecule has 11 heteroatoms. The lowest BCUT2D eigenvalue weighted by molar-refractivity contribution is -0.139. The lowest BCUT2D eigenvalue weighted by Crippen LogP contribution is -2.22. The van der Waals surface area contributed by atoms with Gasteiger partial charge in [0.25, 0.3) is 0 Å². The summed E-state index contributed by atoms with van der Waals surface area (Å²) in [7, 11) is -3.65. The number of sulfone groups is 1. The Balaban J connectivity index is 1.92. The van der Waals surface area contributed by atoms with Gasteiger partial charge in [-0.1, -0.05) is 18.2 Å². The summed E-state index contributed by atoms with van der Waals surface area (Å²) in [5.74, 6) is -1.65. The molecular formula is C26H32FN3O6S. The van der Waals surface area contributed by atoms with Gasteiger partial charge in [-0.15, -0.1) is 0 Å². The van der Waals surface area contributed by atoms with Gasteiger partial charge in [0.1, 0.15) is 11.7 Å². The summed E-state index contributed by atoms with van der Waals surface area (Å²) in [5, 5.41) is 32.1. The van der Waals surface area contributed by atoms with E-state index in [9.17, 15) is 27.8 Å². The van der Waals surface area contributed by atoms with Crippen LogP contribution >= 0.6 is 0 Å². The van der Waals surface area contributed by atoms with E-state index in [1.807, 2.05) is 18.4 Å². The van der Waals surface area contributed by atoms with E-state index in [2.05, 4.69) is 10.3 Å². The SMILES string of the molecule is CC(C)n1c(NCS(=O)(=O)c2ccccc2)nc(-c2ccc(F)cc2)c1CC[C@@H](O)C[C@@H](O)CC(=O)O. The number of hydrogen-bond acceptors (Lipinski definition) is 7. The number of nitrogens with one attached hydrogen (secondary N) is 1. The third kappa shape index (κ3) is 7.61. The van der Waals surface area contributed by atoms with Gasteiger partial charge in [-0.2, -0.15) is 0 Å². The monoisotopic (exact) mass is 533 g/mol. The number of aliphatic hydroxyl groups excluding tert-OH is 2. The second-order valence-electron chi connectivity index (χ2n) is 9.13. The van der Waals surface area contributed by atoms with E-state index in [0.29, 0.717) is 29.3 Å². The Bertz CT molecular complexity index is 1290. The average Bonchev–Trinajstić information content (AvgIpc) is 3.21. The van der Waals surface area contributed by atoms with Crippen LogP contribution < -0.4 is 5.32 Å². The smallest absolute Gasteiger partial charge is 0.305 e. The molecule has 0 fully saturated rings. The van der Waals surface area contributed by atoms with Gasteiger partial charge >= 0.3 is 5.97 Å².